The van der Waals surface area contributed by atoms with Gasteiger partial charge in [-0.15, -0.1) is 0 Å². The number of pyridine rings is 1. The Morgan fingerprint density at radius 3 is 2.67 bits per heavy atom. The Labute approximate surface area is 260 Å². The van der Waals surface area contributed by atoms with Crippen molar-refractivity contribution in [1.82, 2.24) is 24.5 Å². The Morgan fingerprint density at radius 2 is 1.96 bits per heavy atom. The summed E-state index contributed by atoms with van der Waals surface area (Å²) in [5.74, 6) is -1.92. The van der Waals surface area contributed by atoms with E-state index in [9.17, 15) is 27.7 Å². The van der Waals surface area contributed by atoms with Crippen molar-refractivity contribution in [3.05, 3.63) is 54.2 Å². The van der Waals surface area contributed by atoms with Crippen molar-refractivity contribution in [3.63, 3.8) is 0 Å². The molecule has 3 aromatic heterocycles. The van der Waals surface area contributed by atoms with Crippen molar-refractivity contribution in [2.75, 3.05) is 30.2 Å². The van der Waals surface area contributed by atoms with Gasteiger partial charge in [0.05, 0.1) is 49.2 Å². The van der Waals surface area contributed by atoms with Crippen LogP contribution < -0.4 is 20.5 Å². The van der Waals surface area contributed by atoms with Crippen LogP contribution in [0.2, 0.25) is 0 Å². The lowest BCUT2D eigenvalue weighted by Crippen LogP contribution is -2.63. The number of aliphatic hydroxyl groups is 1. The minimum absolute atomic E-state index is 0.0128. The molecule has 3 atom stereocenters. The van der Waals surface area contributed by atoms with Gasteiger partial charge in [0.1, 0.15) is 18.2 Å². The molecule has 6 rings (SSSR count). The van der Waals surface area contributed by atoms with E-state index in [1.54, 1.807) is 9.47 Å². The third-order valence-electron chi connectivity index (χ3n) is 8.01. The maximum absolute atomic E-state index is 15.1. The predicted octanol–water partition coefficient (Wildman–Crippen LogP) is 3.84. The summed E-state index contributed by atoms with van der Waals surface area (Å²) >= 11 is 0. The molecule has 46 heavy (non-hydrogen) atoms. The molecule has 1 aliphatic heterocycles. The smallest absolute Gasteiger partial charge is 0.431 e. The highest BCUT2D eigenvalue weighted by atomic mass is 31.2. The molecule has 4 aromatic rings. The molecular weight excluding hydrogens is 635 g/mol. The third-order valence-corrected chi connectivity index (χ3v) is 9.09. The van der Waals surface area contributed by atoms with Crippen LogP contribution in [-0.4, -0.2) is 78.9 Å². The first-order valence-corrected chi connectivity index (χ1v) is 15.9. The second kappa shape index (κ2) is 12.4. The zero-order valence-electron chi connectivity index (χ0n) is 24.5. The lowest BCUT2D eigenvalue weighted by Gasteiger charge is -2.44. The van der Waals surface area contributed by atoms with Gasteiger partial charge in [0.15, 0.2) is 28.5 Å². The van der Waals surface area contributed by atoms with Crippen molar-refractivity contribution in [2.24, 2.45) is 5.73 Å². The largest absolute Gasteiger partial charge is 0.494 e. The first kappa shape index (κ1) is 32.1. The molecule has 246 valence electrons. The number of nitrogens with one attached hydrogen (secondary N) is 1. The van der Waals surface area contributed by atoms with Gasteiger partial charge in [-0.05, 0) is 43.4 Å². The van der Waals surface area contributed by atoms with Crippen molar-refractivity contribution in [2.45, 2.75) is 56.4 Å². The highest BCUT2D eigenvalue weighted by Crippen LogP contribution is 2.48. The summed E-state index contributed by atoms with van der Waals surface area (Å²) < 4.78 is 81.0. The van der Waals surface area contributed by atoms with Gasteiger partial charge in [-0.1, -0.05) is 0 Å². The standard InChI is InChI=1S/C28H31F4N8O5P/c1-44-22-9-18(29)17(8-19(22)30)20-7-15(21(10-34-20)39-6-2-5-28(33,12-39)24(41)25(31)32)11-40-14-37-23-26(35-13-36-27(23)40)38-46(42,43)45-16-3-4-16/h7-10,13-14,16,24-25,41H,2-6,11-12,33H2,1H3,(H2,35,36,38,42,43)/t24-,28-/m1/s1. The minimum Gasteiger partial charge on any atom is -0.494 e. The number of anilines is 2. The first-order valence-electron chi connectivity index (χ1n) is 14.3. The number of aromatic nitrogens is 5. The van der Waals surface area contributed by atoms with Gasteiger partial charge in [-0.25, -0.2) is 37.1 Å². The van der Waals surface area contributed by atoms with Crippen LogP contribution in [0.5, 0.6) is 5.75 Å². The van der Waals surface area contributed by atoms with Gasteiger partial charge in [0.2, 0.25) is 0 Å². The Hall–Kier alpha value is -3.89. The number of nitrogens with zero attached hydrogens (tertiary/aromatic N) is 6. The number of methoxy groups -OCH3 is 1. The average Bonchev–Trinajstić information content (AvgIpc) is 3.73. The van der Waals surface area contributed by atoms with E-state index in [1.165, 1.54) is 32.0 Å². The Bertz CT molecular complexity index is 1810. The molecule has 1 saturated heterocycles. The summed E-state index contributed by atoms with van der Waals surface area (Å²) in [6, 6.07) is 3.38. The van der Waals surface area contributed by atoms with Crippen molar-refractivity contribution in [1.29, 1.82) is 0 Å². The zero-order chi connectivity index (χ0) is 32.8. The van der Waals surface area contributed by atoms with Gasteiger partial charge in [-0.3, -0.25) is 14.6 Å². The Morgan fingerprint density at radius 1 is 1.17 bits per heavy atom. The number of alkyl halides is 2. The number of aliphatic hydroxyl groups excluding tert-OH is 1. The summed E-state index contributed by atoms with van der Waals surface area (Å²) in [6.07, 6.45) is 0.444. The highest BCUT2D eigenvalue weighted by Gasteiger charge is 2.43. The molecule has 1 aromatic carbocycles. The third kappa shape index (κ3) is 6.51. The fourth-order valence-electron chi connectivity index (χ4n) is 5.54. The second-order valence-corrected chi connectivity index (χ2v) is 12.9. The monoisotopic (exact) mass is 666 g/mol. The SMILES string of the molecule is COc1cc(F)c(-c2cc(Cn3cnc4c(NP(=O)(O)OC5CC5)ncnc43)c(N3CCC[C@](N)([C@H](O)C(F)F)C3)cn2)cc1F. The first-order chi connectivity index (χ1) is 21.9. The van der Waals surface area contributed by atoms with Crippen molar-refractivity contribution < 1.29 is 41.4 Å². The average molecular weight is 667 g/mol. The van der Waals surface area contributed by atoms with Gasteiger partial charge < -0.3 is 29.9 Å². The number of ether oxygens (including phenoxy) is 1. The van der Waals surface area contributed by atoms with Gasteiger partial charge in [0, 0.05) is 24.7 Å². The quantitative estimate of drug-likeness (QED) is 0.135. The number of hydrogen-bond acceptors (Lipinski definition) is 10. The fraction of sp³-hybridized carbons (Fsp3) is 0.429. The summed E-state index contributed by atoms with van der Waals surface area (Å²) in [5, 5.41) is 12.6. The molecule has 13 nitrogen and oxygen atoms in total. The molecule has 2 aliphatic rings. The molecule has 4 heterocycles. The van der Waals surface area contributed by atoms with Crippen LogP contribution in [-0.2, 0) is 15.6 Å². The number of fused-ring (bicyclic) bond motifs is 1. The van der Waals surface area contributed by atoms with E-state index >= 15 is 4.39 Å². The van der Waals surface area contributed by atoms with E-state index in [0.29, 0.717) is 37.1 Å². The van der Waals surface area contributed by atoms with Crippen LogP contribution in [0.3, 0.4) is 0 Å². The summed E-state index contributed by atoms with van der Waals surface area (Å²) in [5.41, 5.74) is 5.94. The lowest BCUT2D eigenvalue weighted by atomic mass is 9.84. The van der Waals surface area contributed by atoms with Crippen LogP contribution in [0.25, 0.3) is 22.4 Å². The minimum atomic E-state index is -4.24. The van der Waals surface area contributed by atoms with E-state index in [-0.39, 0.29) is 59.6 Å². The summed E-state index contributed by atoms with van der Waals surface area (Å²) in [6.45, 7) is 0.271. The van der Waals surface area contributed by atoms with E-state index in [4.69, 9.17) is 15.0 Å². The van der Waals surface area contributed by atoms with Crippen LogP contribution in [0.4, 0.5) is 29.1 Å². The van der Waals surface area contributed by atoms with E-state index in [1.807, 2.05) is 0 Å². The molecule has 1 unspecified atom stereocenters. The van der Waals surface area contributed by atoms with Crippen LogP contribution in [0.1, 0.15) is 31.2 Å². The van der Waals surface area contributed by atoms with Crippen molar-refractivity contribution in [3.8, 4) is 17.0 Å². The number of imidazole rings is 1. The molecule has 2 fully saturated rings. The highest BCUT2D eigenvalue weighted by molar-refractivity contribution is 7.54. The number of benzene rings is 1. The molecule has 5 N–H and O–H groups in total. The number of rotatable bonds is 11. The molecule has 1 aliphatic carbocycles. The maximum atomic E-state index is 15.1. The Kier molecular flexibility index (Phi) is 8.63. The second-order valence-electron chi connectivity index (χ2n) is 11.4. The van der Waals surface area contributed by atoms with E-state index in [0.717, 1.165) is 12.1 Å². The zero-order valence-corrected chi connectivity index (χ0v) is 25.4. The molecule has 1 saturated carbocycles. The van der Waals surface area contributed by atoms with E-state index < -0.39 is 37.4 Å². The molecule has 0 spiro atoms. The normalized spacial score (nSPS) is 20.6. The number of piperidine rings is 1. The number of halogens is 4. The molecule has 0 radical (unpaired) electrons. The predicted molar refractivity (Wildman–Crippen MR) is 158 cm³/mol. The van der Waals surface area contributed by atoms with Crippen LogP contribution in [0, 0.1) is 11.6 Å². The molecule has 18 heteroatoms. The summed E-state index contributed by atoms with van der Waals surface area (Å²) in [4.78, 5) is 29.0. The maximum Gasteiger partial charge on any atom is 0.431 e. The number of hydrogen-bond donors (Lipinski definition) is 4. The fourth-order valence-corrected chi connectivity index (χ4v) is 6.64. The number of nitrogens with two attached hydrogens (primary N) is 1. The molecule has 0 amide bonds. The van der Waals surface area contributed by atoms with Gasteiger partial charge in [-0.2, -0.15) is 0 Å². The van der Waals surface area contributed by atoms with Crippen LogP contribution in [0.15, 0.2) is 37.1 Å². The van der Waals surface area contributed by atoms with E-state index in [2.05, 4.69) is 25.0 Å². The van der Waals surface area contributed by atoms with Gasteiger partial charge in [0.25, 0.3) is 6.43 Å². The van der Waals surface area contributed by atoms with Crippen molar-refractivity contribution >= 4 is 30.4 Å². The Balaban J connectivity index is 1.39. The summed E-state index contributed by atoms with van der Waals surface area (Å²) in [7, 11) is -3.03. The van der Waals surface area contributed by atoms with Crippen LogP contribution >= 0.6 is 7.75 Å². The molecule has 0 bridgehead atoms. The lowest BCUT2D eigenvalue weighted by molar-refractivity contribution is -0.0529. The topological polar surface area (TPSA) is 174 Å². The molecular formula is C28H31F4N8O5P. The van der Waals surface area contributed by atoms with Gasteiger partial charge >= 0.3 is 7.75 Å².